The van der Waals surface area contributed by atoms with Crippen molar-refractivity contribution in [1.82, 2.24) is 19.7 Å². The Morgan fingerprint density at radius 2 is 2.00 bits per heavy atom. The minimum Gasteiger partial charge on any atom is -0.496 e. The minimum absolute atomic E-state index is 0.517. The van der Waals surface area contributed by atoms with E-state index in [4.69, 9.17) is 28.6 Å². The van der Waals surface area contributed by atoms with E-state index in [1.165, 1.54) is 0 Å². The number of aromatic amines is 1. The maximum Gasteiger partial charge on any atom is 0.217 e. The van der Waals surface area contributed by atoms with Gasteiger partial charge in [-0.2, -0.15) is 4.98 Å². The second-order valence-corrected chi connectivity index (χ2v) is 6.56. The van der Waals surface area contributed by atoms with Crippen LogP contribution in [0.2, 0.25) is 5.02 Å². The Morgan fingerprint density at radius 1 is 1.24 bits per heavy atom. The van der Waals surface area contributed by atoms with Gasteiger partial charge in [0.15, 0.2) is 5.82 Å². The number of H-pyrrole nitrogens is 1. The van der Waals surface area contributed by atoms with Crippen LogP contribution in [-0.4, -0.2) is 33.8 Å². The van der Waals surface area contributed by atoms with Gasteiger partial charge in [0.2, 0.25) is 4.77 Å². The number of nitrogens with zero attached hydrogens (tertiary/aromatic N) is 3. The number of halogens is 1. The Hall–Kier alpha value is -2.15. The molecule has 1 aromatic heterocycles. The van der Waals surface area contributed by atoms with Crippen molar-refractivity contribution in [3.63, 3.8) is 0 Å². The maximum atomic E-state index is 6.10. The van der Waals surface area contributed by atoms with E-state index in [-0.39, 0.29) is 0 Å². The van der Waals surface area contributed by atoms with E-state index < -0.39 is 0 Å². The zero-order chi connectivity index (χ0) is 17.8. The standard InChI is InChI=1S/C18H19ClN4OS/c1-22(11-14-10-15(19)8-9-16(14)24-2)12-23-18(25)20-17(21-23)13-6-4-3-5-7-13/h3-10H,11-12H2,1-2H3,(H,20,21,25). The molecule has 5 nitrogen and oxygen atoms in total. The average molecular weight is 375 g/mol. The normalized spacial score (nSPS) is 11.0. The topological polar surface area (TPSA) is 46.1 Å². The minimum atomic E-state index is 0.517. The molecule has 1 heterocycles. The molecule has 0 unspecified atom stereocenters. The molecule has 0 atom stereocenters. The van der Waals surface area contributed by atoms with Crippen LogP contribution < -0.4 is 4.74 Å². The molecular weight excluding hydrogens is 356 g/mol. The van der Waals surface area contributed by atoms with Crippen molar-refractivity contribution < 1.29 is 4.74 Å². The van der Waals surface area contributed by atoms with Gasteiger partial charge in [0, 0.05) is 22.7 Å². The largest absolute Gasteiger partial charge is 0.496 e. The first-order valence-corrected chi connectivity index (χ1v) is 8.58. The number of hydrogen-bond acceptors (Lipinski definition) is 4. The summed E-state index contributed by atoms with van der Waals surface area (Å²) in [5, 5.41) is 3.95. The number of methoxy groups -OCH3 is 1. The van der Waals surface area contributed by atoms with Crippen LogP contribution >= 0.6 is 23.8 Å². The first-order chi connectivity index (χ1) is 12.1. The molecule has 0 radical (unpaired) electrons. The van der Waals surface area contributed by atoms with Crippen molar-refractivity contribution in [3.8, 4) is 17.1 Å². The second kappa shape index (κ2) is 7.82. The van der Waals surface area contributed by atoms with E-state index in [9.17, 15) is 0 Å². The van der Waals surface area contributed by atoms with E-state index in [1.54, 1.807) is 7.11 Å². The van der Waals surface area contributed by atoms with E-state index >= 15 is 0 Å². The van der Waals surface area contributed by atoms with E-state index in [1.807, 2.05) is 60.3 Å². The van der Waals surface area contributed by atoms with Crippen molar-refractivity contribution in [2.75, 3.05) is 14.2 Å². The van der Waals surface area contributed by atoms with Crippen LogP contribution in [-0.2, 0) is 13.2 Å². The number of benzene rings is 2. The zero-order valence-corrected chi connectivity index (χ0v) is 15.6. The SMILES string of the molecule is COc1ccc(Cl)cc1CN(C)Cn1[nH]c(-c2ccccc2)nc1=S. The Labute approximate surface area is 156 Å². The van der Waals surface area contributed by atoms with Gasteiger partial charge in [-0.3, -0.25) is 10.00 Å². The third-order valence-electron chi connectivity index (χ3n) is 3.79. The molecule has 2 aromatic carbocycles. The van der Waals surface area contributed by atoms with Crippen LogP contribution in [0.25, 0.3) is 11.4 Å². The summed E-state index contributed by atoms with van der Waals surface area (Å²) in [5.41, 5.74) is 2.03. The molecule has 25 heavy (non-hydrogen) atoms. The smallest absolute Gasteiger partial charge is 0.217 e. The molecule has 3 rings (SSSR count). The molecule has 3 aromatic rings. The number of ether oxygens (including phenoxy) is 1. The molecule has 0 bridgehead atoms. The van der Waals surface area contributed by atoms with E-state index in [0.717, 1.165) is 22.7 Å². The first kappa shape index (κ1) is 17.7. The van der Waals surface area contributed by atoms with Gasteiger partial charge in [0.05, 0.1) is 13.8 Å². The van der Waals surface area contributed by atoms with Gasteiger partial charge in [0.1, 0.15) is 5.75 Å². The summed E-state index contributed by atoms with van der Waals surface area (Å²) in [4.78, 5) is 6.55. The predicted octanol–water partition coefficient (Wildman–Crippen LogP) is 4.36. The summed E-state index contributed by atoms with van der Waals surface area (Å²) >= 11 is 11.5. The molecule has 0 aliphatic rings. The van der Waals surface area contributed by atoms with E-state index in [0.29, 0.717) is 23.0 Å². The summed E-state index contributed by atoms with van der Waals surface area (Å²) < 4.78 is 7.76. The molecule has 0 fully saturated rings. The van der Waals surface area contributed by atoms with Crippen molar-refractivity contribution in [3.05, 3.63) is 63.9 Å². The van der Waals surface area contributed by atoms with Crippen LogP contribution in [0.4, 0.5) is 0 Å². The summed E-state index contributed by atoms with van der Waals surface area (Å²) in [6.45, 7) is 1.25. The third kappa shape index (κ3) is 4.28. The fraction of sp³-hybridized carbons (Fsp3) is 0.222. The molecule has 0 saturated heterocycles. The zero-order valence-electron chi connectivity index (χ0n) is 14.1. The monoisotopic (exact) mass is 374 g/mol. The molecule has 0 amide bonds. The average Bonchev–Trinajstić information content (AvgIpc) is 2.96. The summed E-state index contributed by atoms with van der Waals surface area (Å²) in [7, 11) is 3.66. The number of hydrogen-bond donors (Lipinski definition) is 1. The molecular formula is C18H19ClN4OS. The van der Waals surface area contributed by atoms with Crippen molar-refractivity contribution in [1.29, 1.82) is 0 Å². The summed E-state index contributed by atoms with van der Waals surface area (Å²) in [6.07, 6.45) is 0. The quantitative estimate of drug-likeness (QED) is 0.651. The number of aromatic nitrogens is 3. The fourth-order valence-electron chi connectivity index (χ4n) is 2.63. The fourth-order valence-corrected chi connectivity index (χ4v) is 3.02. The highest BCUT2D eigenvalue weighted by Gasteiger charge is 2.10. The third-order valence-corrected chi connectivity index (χ3v) is 4.34. The predicted molar refractivity (Wildman–Crippen MR) is 102 cm³/mol. The summed E-state index contributed by atoms with van der Waals surface area (Å²) in [5.74, 6) is 1.58. The first-order valence-electron chi connectivity index (χ1n) is 7.80. The van der Waals surface area contributed by atoms with Crippen LogP contribution in [0, 0.1) is 4.77 Å². The Balaban J connectivity index is 1.76. The lowest BCUT2D eigenvalue weighted by molar-refractivity contribution is 0.241. The Kier molecular flexibility index (Phi) is 5.53. The number of nitrogens with one attached hydrogen (secondary N) is 1. The lowest BCUT2D eigenvalue weighted by atomic mass is 10.2. The lowest BCUT2D eigenvalue weighted by Crippen LogP contribution is -2.22. The molecule has 130 valence electrons. The van der Waals surface area contributed by atoms with Crippen molar-refractivity contribution in [2.24, 2.45) is 0 Å². The van der Waals surface area contributed by atoms with Gasteiger partial charge < -0.3 is 4.74 Å². The Morgan fingerprint density at radius 3 is 2.72 bits per heavy atom. The Bertz CT molecular complexity index is 907. The van der Waals surface area contributed by atoms with Gasteiger partial charge in [-0.15, -0.1) is 0 Å². The summed E-state index contributed by atoms with van der Waals surface area (Å²) in [6, 6.07) is 15.5. The highest BCUT2D eigenvalue weighted by Crippen LogP contribution is 2.24. The van der Waals surface area contributed by atoms with Gasteiger partial charge in [-0.25, -0.2) is 4.68 Å². The lowest BCUT2D eigenvalue weighted by Gasteiger charge is -2.18. The maximum absolute atomic E-state index is 6.10. The van der Waals surface area contributed by atoms with Crippen molar-refractivity contribution >= 4 is 23.8 Å². The molecule has 0 aliphatic carbocycles. The second-order valence-electron chi connectivity index (χ2n) is 5.76. The van der Waals surface area contributed by atoms with Crippen LogP contribution in [0.3, 0.4) is 0 Å². The van der Waals surface area contributed by atoms with Gasteiger partial charge in [-0.05, 0) is 37.5 Å². The van der Waals surface area contributed by atoms with E-state index in [2.05, 4.69) is 15.0 Å². The molecule has 7 heteroatoms. The van der Waals surface area contributed by atoms with Crippen molar-refractivity contribution in [2.45, 2.75) is 13.2 Å². The highest BCUT2D eigenvalue weighted by atomic mass is 35.5. The number of rotatable bonds is 6. The van der Waals surface area contributed by atoms with Gasteiger partial charge >= 0.3 is 0 Å². The van der Waals surface area contributed by atoms with Crippen LogP contribution in [0.1, 0.15) is 5.56 Å². The van der Waals surface area contributed by atoms with Gasteiger partial charge in [0.25, 0.3) is 0 Å². The molecule has 1 N–H and O–H groups in total. The highest BCUT2D eigenvalue weighted by molar-refractivity contribution is 7.71. The van der Waals surface area contributed by atoms with Crippen LogP contribution in [0.5, 0.6) is 5.75 Å². The van der Waals surface area contributed by atoms with Crippen LogP contribution in [0.15, 0.2) is 48.5 Å². The molecule has 0 saturated carbocycles. The van der Waals surface area contributed by atoms with Gasteiger partial charge in [-0.1, -0.05) is 41.9 Å². The molecule has 0 spiro atoms. The molecule has 0 aliphatic heterocycles.